The van der Waals surface area contributed by atoms with E-state index < -0.39 is 0 Å². The van der Waals surface area contributed by atoms with Crippen LogP contribution < -0.4 is 0 Å². The third kappa shape index (κ3) is 8.77. The van der Waals surface area contributed by atoms with E-state index in [2.05, 4.69) is 73.2 Å². The molecule has 0 bridgehead atoms. The Morgan fingerprint density at radius 2 is 1.56 bits per heavy atom. The van der Waals surface area contributed by atoms with Crippen LogP contribution in [0, 0.1) is 17.9 Å². The van der Waals surface area contributed by atoms with Gasteiger partial charge in [0.2, 0.25) is 0 Å². The van der Waals surface area contributed by atoms with Crippen LogP contribution in [-0.2, 0) is 30.3 Å². The zero-order valence-electron chi connectivity index (χ0n) is 27.5. The van der Waals surface area contributed by atoms with Crippen molar-refractivity contribution in [2.45, 2.75) is 79.6 Å². The molecule has 0 saturated carbocycles. The molecule has 0 amide bonds. The second-order valence-corrected chi connectivity index (χ2v) is 12.4. The number of hydrogen-bond donors (Lipinski definition) is 1. The van der Waals surface area contributed by atoms with E-state index in [9.17, 15) is 9.90 Å². The molecule has 239 valence electrons. The van der Waals surface area contributed by atoms with E-state index in [1.165, 1.54) is 17.0 Å². The number of allylic oxidation sites excluding steroid dienone is 2. The number of rotatable bonds is 9. The van der Waals surface area contributed by atoms with Gasteiger partial charge in [-0.25, -0.2) is 4.98 Å². The van der Waals surface area contributed by atoms with Crippen molar-refractivity contribution in [1.29, 1.82) is 0 Å². The van der Waals surface area contributed by atoms with Crippen LogP contribution in [0.5, 0.6) is 0 Å². The van der Waals surface area contributed by atoms with Gasteiger partial charge in [0, 0.05) is 54.7 Å². The van der Waals surface area contributed by atoms with Crippen molar-refractivity contribution in [3.05, 3.63) is 96.7 Å². The fraction of sp³-hybridized carbons (Fsp3) is 0.359. The number of ketones is 1. The Morgan fingerprint density at radius 1 is 0.889 bits per heavy atom. The molecule has 5 nitrogen and oxygen atoms in total. The first-order valence-electron chi connectivity index (χ1n) is 15.8. The Hall–Kier alpha value is -3.60. The van der Waals surface area contributed by atoms with Gasteiger partial charge in [-0.3, -0.25) is 9.78 Å². The standard InChI is InChI=1S/C26H21N2O.C13H24O2.Ir/c1-26(2,3)22-14-20(12-17-6-4-5-7-21(17)22)24-15-23(27-16-28-24)18-8-9-25-19(13-18)10-11-29-25;1-5-10(6-2)12(14)9-13(15)11(7-3)8-4;/h4-11,13-16H,1-3H3;9-11,14H,5-8H2,1-4H3;/q-1;;/b;12-9-;. The summed E-state index contributed by atoms with van der Waals surface area (Å²) in [6.45, 7) is 14.8. The molecule has 0 spiro atoms. The molecule has 3 aromatic carbocycles. The van der Waals surface area contributed by atoms with E-state index in [1.807, 2.05) is 52.0 Å². The first-order chi connectivity index (χ1) is 21.1. The first-order valence-corrected chi connectivity index (χ1v) is 15.8. The summed E-state index contributed by atoms with van der Waals surface area (Å²) in [5.41, 5.74) is 5.98. The van der Waals surface area contributed by atoms with E-state index in [4.69, 9.17) is 4.42 Å². The molecule has 1 N–H and O–H groups in total. The van der Waals surface area contributed by atoms with Gasteiger partial charge in [-0.2, -0.15) is 0 Å². The smallest absolute Gasteiger partial charge is 0.162 e. The molecule has 0 aliphatic heterocycles. The van der Waals surface area contributed by atoms with Crippen molar-refractivity contribution >= 4 is 27.5 Å². The van der Waals surface area contributed by atoms with Crippen molar-refractivity contribution in [2.75, 3.05) is 0 Å². The van der Waals surface area contributed by atoms with Gasteiger partial charge in [-0.1, -0.05) is 77.6 Å². The second kappa shape index (κ2) is 16.1. The third-order valence-corrected chi connectivity index (χ3v) is 8.36. The Kier molecular flexibility index (Phi) is 12.8. The van der Waals surface area contributed by atoms with E-state index in [0.29, 0.717) is 0 Å². The first kappa shape index (κ1) is 35.9. The third-order valence-electron chi connectivity index (χ3n) is 8.36. The Bertz CT molecular complexity index is 1740. The molecule has 0 unspecified atom stereocenters. The van der Waals surface area contributed by atoms with E-state index in [1.54, 1.807) is 12.6 Å². The van der Waals surface area contributed by atoms with Gasteiger partial charge in [-0.15, -0.1) is 29.1 Å². The van der Waals surface area contributed by atoms with E-state index in [0.717, 1.165) is 64.6 Å². The van der Waals surface area contributed by atoms with Crippen molar-refractivity contribution < 1.29 is 34.4 Å². The number of aromatic nitrogens is 2. The summed E-state index contributed by atoms with van der Waals surface area (Å²) in [5, 5.41) is 13.2. The number of nitrogens with zero attached hydrogens (tertiary/aromatic N) is 2. The average molecular weight is 782 g/mol. The molecule has 0 aliphatic rings. The molecular weight excluding hydrogens is 737 g/mol. The fourth-order valence-electron chi connectivity index (χ4n) is 5.56. The maximum atomic E-state index is 11.7. The summed E-state index contributed by atoms with van der Waals surface area (Å²) in [5.74, 6) is 0.547. The number of hydrogen-bond acceptors (Lipinski definition) is 5. The van der Waals surface area contributed by atoms with Crippen molar-refractivity contribution in [2.24, 2.45) is 11.8 Å². The summed E-state index contributed by atoms with van der Waals surface area (Å²) >= 11 is 0. The number of carbonyl (C=O) groups excluding carboxylic acids is 1. The van der Waals surface area contributed by atoms with Gasteiger partial charge in [0.05, 0.1) is 17.7 Å². The largest absolute Gasteiger partial charge is 0.512 e. The number of furan rings is 1. The summed E-state index contributed by atoms with van der Waals surface area (Å²) < 4.78 is 5.45. The monoisotopic (exact) mass is 782 g/mol. The topological polar surface area (TPSA) is 76.2 Å². The molecule has 1 radical (unpaired) electrons. The molecular formula is C39H45IrN2O3-. The van der Waals surface area contributed by atoms with Gasteiger partial charge in [0.25, 0.3) is 0 Å². The van der Waals surface area contributed by atoms with Gasteiger partial charge in [-0.05, 0) is 61.4 Å². The number of aliphatic hydroxyl groups is 1. The van der Waals surface area contributed by atoms with Gasteiger partial charge < -0.3 is 9.52 Å². The van der Waals surface area contributed by atoms with Gasteiger partial charge in [0.1, 0.15) is 11.9 Å². The molecule has 0 atom stereocenters. The van der Waals surface area contributed by atoms with E-state index >= 15 is 0 Å². The quantitative estimate of drug-likeness (QED) is 0.0916. The maximum absolute atomic E-state index is 11.7. The van der Waals surface area contributed by atoms with Crippen LogP contribution in [0.25, 0.3) is 44.3 Å². The normalized spacial score (nSPS) is 11.9. The minimum absolute atomic E-state index is 0. The van der Waals surface area contributed by atoms with Crippen LogP contribution in [0.2, 0.25) is 0 Å². The predicted octanol–water partition coefficient (Wildman–Crippen LogP) is 10.7. The minimum atomic E-state index is 0. The number of aliphatic hydroxyl groups excluding tert-OH is 1. The number of benzene rings is 3. The van der Waals surface area contributed by atoms with Crippen LogP contribution >= 0.6 is 0 Å². The van der Waals surface area contributed by atoms with Gasteiger partial charge >= 0.3 is 0 Å². The molecule has 0 saturated heterocycles. The second-order valence-electron chi connectivity index (χ2n) is 12.4. The summed E-state index contributed by atoms with van der Waals surface area (Å²) in [4.78, 5) is 20.8. The SMILES string of the molecule is CC(C)(C)c1cc(-c2cc(-c3ccc4occc4c3)ncn2)[c-]c2ccccc12.CCC(CC)C(=O)/C=C(\O)C(CC)CC.[Ir]. The van der Waals surface area contributed by atoms with Gasteiger partial charge in [0.15, 0.2) is 5.78 Å². The minimum Gasteiger partial charge on any atom is -0.512 e. The zero-order valence-corrected chi connectivity index (χ0v) is 29.9. The number of fused-ring (bicyclic) bond motifs is 2. The summed E-state index contributed by atoms with van der Waals surface area (Å²) in [7, 11) is 0. The maximum Gasteiger partial charge on any atom is 0.162 e. The van der Waals surface area contributed by atoms with Crippen LogP contribution in [-0.4, -0.2) is 20.9 Å². The molecule has 2 aromatic heterocycles. The zero-order chi connectivity index (χ0) is 31.9. The molecule has 45 heavy (non-hydrogen) atoms. The molecule has 6 heteroatoms. The van der Waals surface area contributed by atoms with Crippen LogP contribution in [0.1, 0.15) is 79.7 Å². The molecule has 5 rings (SSSR count). The molecule has 5 aromatic rings. The average Bonchev–Trinajstić information content (AvgIpc) is 3.50. The van der Waals surface area contributed by atoms with Crippen molar-refractivity contribution in [1.82, 2.24) is 9.97 Å². The Balaban J connectivity index is 0.000000297. The molecule has 0 fully saturated rings. The van der Waals surface area contributed by atoms with Crippen LogP contribution in [0.15, 0.2) is 89.5 Å². The number of carbonyl (C=O) groups is 1. The van der Waals surface area contributed by atoms with Crippen LogP contribution in [0.3, 0.4) is 0 Å². The van der Waals surface area contributed by atoms with E-state index in [-0.39, 0.29) is 48.9 Å². The fourth-order valence-corrected chi connectivity index (χ4v) is 5.56. The van der Waals surface area contributed by atoms with Crippen molar-refractivity contribution in [3.8, 4) is 22.5 Å². The Labute approximate surface area is 281 Å². The summed E-state index contributed by atoms with van der Waals surface area (Å²) in [6, 6.07) is 24.3. The summed E-state index contributed by atoms with van der Waals surface area (Å²) in [6.07, 6.45) is 8.24. The van der Waals surface area contributed by atoms with Crippen LogP contribution in [0.4, 0.5) is 0 Å². The molecule has 2 heterocycles. The Morgan fingerprint density at radius 3 is 2.22 bits per heavy atom. The van der Waals surface area contributed by atoms with Crippen molar-refractivity contribution in [3.63, 3.8) is 0 Å². The molecule has 0 aliphatic carbocycles. The predicted molar refractivity (Wildman–Crippen MR) is 182 cm³/mol.